The summed E-state index contributed by atoms with van der Waals surface area (Å²) in [6, 6.07) is 12.1. The Hall–Kier alpha value is -3.35. The van der Waals surface area contributed by atoms with Gasteiger partial charge in [-0.15, -0.1) is 0 Å². The van der Waals surface area contributed by atoms with Crippen LogP contribution in [-0.2, 0) is 13.1 Å². The number of nitrogens with zero attached hydrogens (tertiary/aromatic N) is 3. The molecule has 2 aromatic heterocycles. The molecule has 0 radical (unpaired) electrons. The molecule has 132 valence electrons. The lowest BCUT2D eigenvalue weighted by molar-refractivity contribution is 0.753. The van der Waals surface area contributed by atoms with Crippen molar-refractivity contribution in [2.45, 2.75) is 20.0 Å². The molecule has 0 saturated heterocycles. The summed E-state index contributed by atoms with van der Waals surface area (Å²) in [5.74, 6) is 0.750. The Morgan fingerprint density at radius 1 is 1.15 bits per heavy atom. The molecule has 0 aliphatic heterocycles. The van der Waals surface area contributed by atoms with Gasteiger partial charge in [0.2, 0.25) is 0 Å². The predicted molar refractivity (Wildman–Crippen MR) is 105 cm³/mol. The first kappa shape index (κ1) is 16.1. The van der Waals surface area contributed by atoms with Crippen molar-refractivity contribution in [1.82, 2.24) is 19.5 Å². The van der Waals surface area contributed by atoms with Crippen molar-refractivity contribution < 1.29 is 0 Å². The first-order valence-corrected chi connectivity index (χ1v) is 8.57. The number of hydrogen-bond donors (Lipinski definition) is 3. The number of imidazole rings is 1. The van der Waals surface area contributed by atoms with Crippen LogP contribution in [0.15, 0.2) is 47.5 Å². The molecule has 0 bridgehead atoms. The normalized spacial score (nSPS) is 11.2. The number of nitrogens with one attached hydrogen (secondary N) is 3. The maximum Gasteiger partial charge on any atom is 0.326 e. The lowest BCUT2D eigenvalue weighted by Crippen LogP contribution is -2.14. The molecular formula is C19H20N6O. The average molecular weight is 348 g/mol. The Morgan fingerprint density at radius 2 is 1.96 bits per heavy atom. The zero-order valence-electron chi connectivity index (χ0n) is 14.7. The minimum absolute atomic E-state index is 0.107. The molecule has 4 rings (SSSR count). The highest BCUT2D eigenvalue weighted by molar-refractivity contribution is 5.98. The van der Waals surface area contributed by atoms with Crippen LogP contribution in [0.4, 0.5) is 11.5 Å². The van der Waals surface area contributed by atoms with Gasteiger partial charge in [-0.3, -0.25) is 4.57 Å². The molecule has 7 heteroatoms. The van der Waals surface area contributed by atoms with Crippen LogP contribution >= 0.6 is 0 Å². The summed E-state index contributed by atoms with van der Waals surface area (Å²) in [4.78, 5) is 23.7. The number of benzene rings is 2. The smallest absolute Gasteiger partial charge is 0.326 e. The average Bonchev–Trinajstić information content (AvgIpc) is 2.98. The van der Waals surface area contributed by atoms with Gasteiger partial charge in [0.15, 0.2) is 0 Å². The first-order chi connectivity index (χ1) is 12.7. The van der Waals surface area contributed by atoms with E-state index in [9.17, 15) is 4.79 Å². The van der Waals surface area contributed by atoms with E-state index in [1.807, 2.05) is 38.2 Å². The van der Waals surface area contributed by atoms with Crippen molar-refractivity contribution in [1.29, 1.82) is 0 Å². The Kier molecular flexibility index (Phi) is 4.04. The van der Waals surface area contributed by atoms with Crippen molar-refractivity contribution >= 4 is 33.4 Å². The summed E-state index contributed by atoms with van der Waals surface area (Å²) >= 11 is 0. The number of aromatic nitrogens is 4. The van der Waals surface area contributed by atoms with E-state index in [0.717, 1.165) is 39.0 Å². The molecule has 4 aromatic rings. The summed E-state index contributed by atoms with van der Waals surface area (Å²) in [6.07, 6.45) is 1.54. The van der Waals surface area contributed by atoms with Crippen molar-refractivity contribution in [2.75, 3.05) is 17.7 Å². The van der Waals surface area contributed by atoms with Crippen LogP contribution < -0.4 is 16.3 Å². The highest BCUT2D eigenvalue weighted by Gasteiger charge is 2.10. The van der Waals surface area contributed by atoms with Gasteiger partial charge >= 0.3 is 5.69 Å². The van der Waals surface area contributed by atoms with Gasteiger partial charge in [-0.1, -0.05) is 12.1 Å². The summed E-state index contributed by atoms with van der Waals surface area (Å²) in [7, 11) is 1.90. The highest BCUT2D eigenvalue weighted by Crippen LogP contribution is 2.24. The van der Waals surface area contributed by atoms with Gasteiger partial charge in [-0.2, -0.15) is 0 Å². The fraction of sp³-hybridized carbons (Fsp3) is 0.211. The number of fused-ring (bicyclic) bond motifs is 2. The number of aromatic amines is 1. The van der Waals surface area contributed by atoms with Crippen LogP contribution in [0.5, 0.6) is 0 Å². The van der Waals surface area contributed by atoms with Crippen molar-refractivity contribution in [2.24, 2.45) is 0 Å². The second kappa shape index (κ2) is 6.51. The van der Waals surface area contributed by atoms with Crippen molar-refractivity contribution in [3.8, 4) is 0 Å². The monoisotopic (exact) mass is 348 g/mol. The SMILES string of the molecule is CCn1c(=O)[nH]c2cc3c(NCc4ccc(NC)cc4)ncnc3cc21. The number of anilines is 2. The molecule has 26 heavy (non-hydrogen) atoms. The third-order valence-electron chi connectivity index (χ3n) is 4.55. The highest BCUT2D eigenvalue weighted by atomic mass is 16.1. The molecule has 0 fully saturated rings. The third kappa shape index (κ3) is 2.77. The van der Waals surface area contributed by atoms with Gasteiger partial charge in [-0.25, -0.2) is 14.8 Å². The molecule has 3 N–H and O–H groups in total. The van der Waals surface area contributed by atoms with Crippen molar-refractivity contribution in [3.63, 3.8) is 0 Å². The van der Waals surface area contributed by atoms with Gasteiger partial charge in [0, 0.05) is 31.2 Å². The van der Waals surface area contributed by atoms with Crippen LogP contribution in [0.1, 0.15) is 12.5 Å². The van der Waals surface area contributed by atoms with Crippen LogP contribution in [0.3, 0.4) is 0 Å². The zero-order chi connectivity index (χ0) is 18.1. The molecule has 0 atom stereocenters. The minimum atomic E-state index is -0.107. The van der Waals surface area contributed by atoms with E-state index in [1.54, 1.807) is 10.9 Å². The number of rotatable bonds is 5. The van der Waals surface area contributed by atoms with E-state index in [-0.39, 0.29) is 5.69 Å². The van der Waals surface area contributed by atoms with E-state index < -0.39 is 0 Å². The van der Waals surface area contributed by atoms with Crippen LogP contribution in [0, 0.1) is 0 Å². The summed E-state index contributed by atoms with van der Waals surface area (Å²) in [6.45, 7) is 3.22. The van der Waals surface area contributed by atoms with Crippen LogP contribution in [0.2, 0.25) is 0 Å². The van der Waals surface area contributed by atoms with E-state index in [2.05, 4.69) is 37.7 Å². The maximum absolute atomic E-state index is 12.0. The van der Waals surface area contributed by atoms with E-state index in [1.165, 1.54) is 0 Å². The Balaban J connectivity index is 1.70. The zero-order valence-corrected chi connectivity index (χ0v) is 14.7. The van der Waals surface area contributed by atoms with Gasteiger partial charge in [-0.05, 0) is 36.8 Å². The maximum atomic E-state index is 12.0. The van der Waals surface area contributed by atoms with Gasteiger partial charge in [0.05, 0.1) is 16.6 Å². The lowest BCUT2D eigenvalue weighted by atomic mass is 10.2. The van der Waals surface area contributed by atoms with Crippen LogP contribution in [0.25, 0.3) is 21.9 Å². The minimum Gasteiger partial charge on any atom is -0.388 e. The van der Waals surface area contributed by atoms with Gasteiger partial charge < -0.3 is 15.6 Å². The third-order valence-corrected chi connectivity index (χ3v) is 4.55. The summed E-state index contributed by atoms with van der Waals surface area (Å²) in [5.41, 5.74) is 4.58. The molecule has 0 amide bonds. The number of H-pyrrole nitrogens is 1. The fourth-order valence-electron chi connectivity index (χ4n) is 3.14. The first-order valence-electron chi connectivity index (χ1n) is 8.57. The molecule has 0 spiro atoms. The second-order valence-corrected chi connectivity index (χ2v) is 6.08. The van der Waals surface area contributed by atoms with E-state index in [4.69, 9.17) is 0 Å². The molecule has 0 aliphatic carbocycles. The topological polar surface area (TPSA) is 87.6 Å². The van der Waals surface area contributed by atoms with Gasteiger partial charge in [0.1, 0.15) is 12.1 Å². The Morgan fingerprint density at radius 3 is 2.69 bits per heavy atom. The van der Waals surface area contributed by atoms with Gasteiger partial charge in [0.25, 0.3) is 0 Å². The lowest BCUT2D eigenvalue weighted by Gasteiger charge is -2.09. The fourth-order valence-corrected chi connectivity index (χ4v) is 3.14. The molecule has 0 unspecified atom stereocenters. The van der Waals surface area contributed by atoms with E-state index >= 15 is 0 Å². The summed E-state index contributed by atoms with van der Waals surface area (Å²) in [5, 5.41) is 7.37. The predicted octanol–water partition coefficient (Wildman–Crippen LogP) is 2.95. The van der Waals surface area contributed by atoms with E-state index in [0.29, 0.717) is 13.1 Å². The molecule has 0 saturated carbocycles. The standard InChI is InChI=1S/C19H20N6O/c1-3-25-17-9-15-14(8-16(17)24-19(25)26)18(23-11-22-15)21-10-12-4-6-13(20-2)7-5-12/h4-9,11,20H,3,10H2,1-2H3,(H,24,26)(H,21,22,23). The van der Waals surface area contributed by atoms with Crippen molar-refractivity contribution in [3.05, 3.63) is 58.8 Å². The van der Waals surface area contributed by atoms with Crippen LogP contribution in [-0.4, -0.2) is 26.6 Å². The quantitative estimate of drug-likeness (QED) is 0.516. The Labute approximate surface area is 150 Å². The summed E-state index contributed by atoms with van der Waals surface area (Å²) < 4.78 is 1.70. The number of aryl methyl sites for hydroxylation is 1. The number of hydrogen-bond acceptors (Lipinski definition) is 5. The molecule has 2 heterocycles. The molecule has 7 nitrogen and oxygen atoms in total. The molecule has 0 aliphatic rings. The molecular weight excluding hydrogens is 328 g/mol. The molecule has 2 aromatic carbocycles. The largest absolute Gasteiger partial charge is 0.388 e. The Bertz CT molecular complexity index is 1130. The second-order valence-electron chi connectivity index (χ2n) is 6.08.